The van der Waals surface area contributed by atoms with Gasteiger partial charge < -0.3 is 11.1 Å². The van der Waals surface area contributed by atoms with Crippen LogP contribution in [0.4, 0.5) is 0 Å². The molecule has 0 aliphatic rings. The predicted molar refractivity (Wildman–Crippen MR) is 36.2 cm³/mol. The number of hydrogen-bond donors (Lipinski definition) is 2. The minimum absolute atomic E-state index is 0.481. The zero-order chi connectivity index (χ0) is 6.57. The maximum Gasteiger partial charge on any atom is 0.0234 e. The van der Waals surface area contributed by atoms with E-state index >= 15 is 0 Å². The Morgan fingerprint density at radius 2 is 2.12 bits per heavy atom. The van der Waals surface area contributed by atoms with Crippen molar-refractivity contribution in [1.29, 1.82) is 0 Å². The smallest absolute Gasteiger partial charge is 0.0234 e. The summed E-state index contributed by atoms with van der Waals surface area (Å²) in [6.07, 6.45) is 1.57. The molecule has 2 heteroatoms. The van der Waals surface area contributed by atoms with Crippen LogP contribution in [0.25, 0.3) is 0 Å². The largest absolute Gasteiger partial charge is 0.403 e. The van der Waals surface area contributed by atoms with E-state index in [4.69, 9.17) is 5.73 Å². The van der Waals surface area contributed by atoms with Crippen molar-refractivity contribution in [2.45, 2.75) is 26.8 Å². The van der Waals surface area contributed by atoms with Crippen molar-refractivity contribution in [2.75, 3.05) is 0 Å². The summed E-state index contributed by atoms with van der Waals surface area (Å²) in [5.41, 5.74) is 6.22. The van der Waals surface area contributed by atoms with Crippen LogP contribution < -0.4 is 11.1 Å². The first-order chi connectivity index (χ1) is 3.66. The van der Waals surface area contributed by atoms with E-state index in [1.54, 1.807) is 6.20 Å². The molecule has 0 bridgehead atoms. The van der Waals surface area contributed by atoms with Gasteiger partial charge in [0.05, 0.1) is 0 Å². The molecule has 0 saturated heterocycles. The van der Waals surface area contributed by atoms with Crippen LogP contribution in [-0.2, 0) is 0 Å². The van der Waals surface area contributed by atoms with Crippen LogP contribution in [0.15, 0.2) is 11.9 Å². The van der Waals surface area contributed by atoms with E-state index in [1.165, 1.54) is 0 Å². The van der Waals surface area contributed by atoms with Gasteiger partial charge in [-0.3, -0.25) is 0 Å². The van der Waals surface area contributed by atoms with Gasteiger partial charge in [-0.15, -0.1) is 0 Å². The second-order valence-corrected chi connectivity index (χ2v) is 2.15. The van der Waals surface area contributed by atoms with Gasteiger partial charge >= 0.3 is 0 Å². The summed E-state index contributed by atoms with van der Waals surface area (Å²) in [7, 11) is 0. The fourth-order valence-electron chi connectivity index (χ4n) is 0.503. The Labute approximate surface area is 50.8 Å². The topological polar surface area (TPSA) is 38.0 Å². The van der Waals surface area contributed by atoms with E-state index in [0.29, 0.717) is 6.04 Å². The number of nitrogens with one attached hydrogen (secondary N) is 1. The van der Waals surface area contributed by atoms with Gasteiger partial charge in [0, 0.05) is 17.9 Å². The summed E-state index contributed by atoms with van der Waals surface area (Å²) < 4.78 is 0. The first kappa shape index (κ1) is 7.34. The monoisotopic (exact) mass is 114 g/mol. The standard InChI is InChI=1S/C6H14N2/c1-5(2)8-6(3)4-7/h4-5,8H,7H2,1-3H3/b6-4-. The van der Waals surface area contributed by atoms with Gasteiger partial charge in [0.1, 0.15) is 0 Å². The van der Waals surface area contributed by atoms with Gasteiger partial charge in [0.15, 0.2) is 0 Å². The van der Waals surface area contributed by atoms with Crippen molar-refractivity contribution in [3.63, 3.8) is 0 Å². The Hall–Kier alpha value is -0.660. The average molecular weight is 114 g/mol. The Kier molecular flexibility index (Phi) is 3.08. The van der Waals surface area contributed by atoms with Gasteiger partial charge in [-0.2, -0.15) is 0 Å². The molecule has 0 fully saturated rings. The number of allylic oxidation sites excluding steroid dienone is 1. The molecule has 0 heterocycles. The minimum Gasteiger partial charge on any atom is -0.403 e. The molecule has 0 aromatic carbocycles. The molecule has 3 N–H and O–H groups in total. The Morgan fingerprint density at radius 1 is 1.62 bits per heavy atom. The predicted octanol–water partition coefficient (Wildman–Crippen LogP) is 0.804. The Bertz CT molecular complexity index is 84.5. The van der Waals surface area contributed by atoms with Crippen LogP contribution in [-0.4, -0.2) is 6.04 Å². The molecule has 0 spiro atoms. The summed E-state index contributed by atoms with van der Waals surface area (Å²) in [4.78, 5) is 0. The maximum atomic E-state index is 5.20. The number of nitrogens with two attached hydrogens (primary N) is 1. The van der Waals surface area contributed by atoms with E-state index < -0.39 is 0 Å². The van der Waals surface area contributed by atoms with E-state index in [1.807, 2.05) is 6.92 Å². The van der Waals surface area contributed by atoms with Crippen LogP contribution in [0, 0.1) is 0 Å². The first-order valence-corrected chi connectivity index (χ1v) is 2.82. The average Bonchev–Trinajstić information content (AvgIpc) is 1.65. The third-order valence-corrected chi connectivity index (χ3v) is 0.766. The molecule has 0 atom stereocenters. The highest BCUT2D eigenvalue weighted by molar-refractivity contribution is 4.92. The van der Waals surface area contributed by atoms with Crippen molar-refractivity contribution < 1.29 is 0 Å². The second kappa shape index (κ2) is 3.36. The van der Waals surface area contributed by atoms with Crippen LogP contribution in [0.5, 0.6) is 0 Å². The van der Waals surface area contributed by atoms with E-state index in [-0.39, 0.29) is 0 Å². The maximum absolute atomic E-state index is 5.20. The third-order valence-electron chi connectivity index (χ3n) is 0.766. The molecule has 0 radical (unpaired) electrons. The zero-order valence-electron chi connectivity index (χ0n) is 5.73. The van der Waals surface area contributed by atoms with Gasteiger partial charge in [-0.05, 0) is 20.8 Å². The quantitative estimate of drug-likeness (QED) is 0.557. The van der Waals surface area contributed by atoms with E-state index in [0.717, 1.165) is 5.70 Å². The molecular weight excluding hydrogens is 100 g/mol. The SMILES string of the molecule is C/C(=C/N)NC(C)C. The van der Waals surface area contributed by atoms with Gasteiger partial charge in [-0.25, -0.2) is 0 Å². The zero-order valence-corrected chi connectivity index (χ0v) is 5.73. The number of hydrogen-bond acceptors (Lipinski definition) is 2. The molecule has 0 aliphatic heterocycles. The molecule has 0 aromatic heterocycles. The second-order valence-electron chi connectivity index (χ2n) is 2.15. The fourth-order valence-corrected chi connectivity index (χ4v) is 0.503. The van der Waals surface area contributed by atoms with Crippen molar-refractivity contribution in [1.82, 2.24) is 5.32 Å². The molecule has 0 aromatic rings. The molecule has 8 heavy (non-hydrogen) atoms. The van der Waals surface area contributed by atoms with Crippen LogP contribution in [0.3, 0.4) is 0 Å². The lowest BCUT2D eigenvalue weighted by molar-refractivity contribution is 0.668. The lowest BCUT2D eigenvalue weighted by Crippen LogP contribution is -2.20. The van der Waals surface area contributed by atoms with Crippen molar-refractivity contribution >= 4 is 0 Å². The molecule has 0 unspecified atom stereocenters. The van der Waals surface area contributed by atoms with Gasteiger partial charge in [-0.1, -0.05) is 0 Å². The normalized spacial score (nSPS) is 12.2. The highest BCUT2D eigenvalue weighted by atomic mass is 14.9. The van der Waals surface area contributed by atoms with Crippen LogP contribution in [0.2, 0.25) is 0 Å². The highest BCUT2D eigenvalue weighted by Gasteiger charge is 1.88. The molecule has 0 rings (SSSR count). The van der Waals surface area contributed by atoms with Crippen LogP contribution in [0.1, 0.15) is 20.8 Å². The van der Waals surface area contributed by atoms with E-state index in [2.05, 4.69) is 19.2 Å². The Morgan fingerprint density at radius 3 is 2.25 bits per heavy atom. The Balaban J connectivity index is 3.39. The van der Waals surface area contributed by atoms with Gasteiger partial charge in [0.2, 0.25) is 0 Å². The molecular formula is C6H14N2. The summed E-state index contributed by atoms with van der Waals surface area (Å²) in [6, 6.07) is 0.481. The van der Waals surface area contributed by atoms with Crippen molar-refractivity contribution in [3.05, 3.63) is 11.9 Å². The van der Waals surface area contributed by atoms with E-state index in [9.17, 15) is 0 Å². The number of rotatable bonds is 2. The third kappa shape index (κ3) is 3.53. The summed E-state index contributed by atoms with van der Waals surface area (Å²) >= 11 is 0. The molecule has 0 saturated carbocycles. The summed E-state index contributed by atoms with van der Waals surface area (Å²) in [5, 5.41) is 3.13. The highest BCUT2D eigenvalue weighted by Crippen LogP contribution is 1.84. The molecule has 48 valence electrons. The summed E-state index contributed by atoms with van der Waals surface area (Å²) in [5.74, 6) is 0. The minimum atomic E-state index is 0.481. The molecule has 2 nitrogen and oxygen atoms in total. The van der Waals surface area contributed by atoms with Crippen molar-refractivity contribution in [3.8, 4) is 0 Å². The van der Waals surface area contributed by atoms with Crippen LogP contribution >= 0.6 is 0 Å². The first-order valence-electron chi connectivity index (χ1n) is 2.82. The molecule has 0 aliphatic carbocycles. The van der Waals surface area contributed by atoms with Crippen molar-refractivity contribution in [2.24, 2.45) is 5.73 Å². The lowest BCUT2D eigenvalue weighted by Gasteiger charge is -2.07. The molecule has 0 amide bonds. The fraction of sp³-hybridized carbons (Fsp3) is 0.667. The van der Waals surface area contributed by atoms with Gasteiger partial charge in [0.25, 0.3) is 0 Å². The lowest BCUT2D eigenvalue weighted by atomic mass is 10.4. The summed E-state index contributed by atoms with van der Waals surface area (Å²) in [6.45, 7) is 6.10.